The number of aromatic nitrogens is 3. The summed E-state index contributed by atoms with van der Waals surface area (Å²) in [5, 5.41) is 10.9. The Morgan fingerprint density at radius 1 is 1.35 bits per heavy atom. The van der Waals surface area contributed by atoms with Gasteiger partial charge >= 0.3 is 0 Å². The number of nitrogens with zero attached hydrogens (tertiary/aromatic N) is 5. The van der Waals surface area contributed by atoms with Crippen LogP contribution in [0.15, 0.2) is 35.4 Å². The van der Waals surface area contributed by atoms with Gasteiger partial charge in [0, 0.05) is 38.7 Å². The highest BCUT2D eigenvalue weighted by molar-refractivity contribution is 5.93. The highest BCUT2D eigenvalue weighted by Crippen LogP contribution is 2.25. The van der Waals surface area contributed by atoms with Crippen LogP contribution in [0.25, 0.3) is 0 Å². The molecule has 0 saturated carbocycles. The van der Waals surface area contributed by atoms with Gasteiger partial charge in [-0.3, -0.25) is 9.59 Å². The third-order valence-electron chi connectivity index (χ3n) is 4.83. The van der Waals surface area contributed by atoms with Gasteiger partial charge in [0.15, 0.2) is 0 Å². The number of carbonyl (C=O) groups excluding carboxylic acids is 1. The first-order valence-electron chi connectivity index (χ1n) is 8.47. The highest BCUT2D eigenvalue weighted by Gasteiger charge is 2.39. The number of aryl methyl sites for hydroxylation is 1. The van der Waals surface area contributed by atoms with Crippen LogP contribution in [-0.4, -0.2) is 62.7 Å². The molecule has 1 aliphatic rings. The third kappa shape index (κ3) is 3.45. The predicted octanol–water partition coefficient (Wildman–Crippen LogP) is 0.197. The summed E-state index contributed by atoms with van der Waals surface area (Å²) in [7, 11) is 3.23. The molecule has 1 saturated heterocycles. The second kappa shape index (κ2) is 6.87. The molecule has 0 spiro atoms. The normalized spacial score (nSPS) is 19.6. The molecule has 138 valence electrons. The molecule has 1 aliphatic heterocycles. The number of rotatable bonds is 4. The van der Waals surface area contributed by atoms with Crippen LogP contribution in [0.4, 0.5) is 5.95 Å². The minimum absolute atomic E-state index is 0.102. The van der Waals surface area contributed by atoms with Crippen LogP contribution < -0.4 is 10.5 Å². The van der Waals surface area contributed by atoms with Crippen molar-refractivity contribution < 1.29 is 9.90 Å². The van der Waals surface area contributed by atoms with Crippen molar-refractivity contribution in [3.63, 3.8) is 0 Å². The maximum Gasteiger partial charge on any atom is 0.263 e. The number of hydrogen-bond donors (Lipinski definition) is 1. The maximum atomic E-state index is 12.7. The van der Waals surface area contributed by atoms with E-state index in [1.54, 1.807) is 51.6 Å². The molecule has 26 heavy (non-hydrogen) atoms. The Kier molecular flexibility index (Phi) is 4.78. The molecule has 3 heterocycles. The molecular formula is C18H23N5O3. The van der Waals surface area contributed by atoms with Crippen LogP contribution in [0, 0.1) is 6.92 Å². The summed E-state index contributed by atoms with van der Waals surface area (Å²) in [4.78, 5) is 36.7. The zero-order chi connectivity index (χ0) is 18.9. The largest absolute Gasteiger partial charge is 0.386 e. The Hall–Kier alpha value is -2.74. The summed E-state index contributed by atoms with van der Waals surface area (Å²) in [6.07, 6.45) is 3.81. The van der Waals surface area contributed by atoms with Gasteiger partial charge in [-0.1, -0.05) is 0 Å². The minimum atomic E-state index is -1.07. The number of hydrogen-bond acceptors (Lipinski definition) is 6. The molecule has 8 nitrogen and oxygen atoms in total. The van der Waals surface area contributed by atoms with Gasteiger partial charge in [0.25, 0.3) is 11.5 Å². The van der Waals surface area contributed by atoms with E-state index in [-0.39, 0.29) is 17.7 Å². The van der Waals surface area contributed by atoms with E-state index in [2.05, 4.69) is 9.97 Å². The first-order chi connectivity index (χ1) is 12.3. The Balaban J connectivity index is 1.72. The van der Waals surface area contributed by atoms with Crippen molar-refractivity contribution in [1.82, 2.24) is 19.4 Å². The van der Waals surface area contributed by atoms with Crippen molar-refractivity contribution in [3.8, 4) is 0 Å². The Morgan fingerprint density at radius 2 is 2.04 bits per heavy atom. The number of carbonyl (C=O) groups is 1. The Labute approximate surface area is 151 Å². The summed E-state index contributed by atoms with van der Waals surface area (Å²) in [5.74, 6) is 0.165. The molecule has 0 aliphatic carbocycles. The Morgan fingerprint density at radius 3 is 2.73 bits per heavy atom. The van der Waals surface area contributed by atoms with Crippen LogP contribution in [0.3, 0.4) is 0 Å². The standard InChI is InChI=1S/C18H23N5O3/c1-13-5-6-14(16(25)22(13)3)15(24)21(2)11-18(26)7-10-23(12-18)17-19-8-4-9-20-17/h4-6,8-9,26H,7,10-12H2,1-3H3/t18-/m1/s1. The van der Waals surface area contributed by atoms with Crippen LogP contribution in [0.2, 0.25) is 0 Å². The summed E-state index contributed by atoms with van der Waals surface area (Å²) in [5.41, 5.74) is -0.522. The molecule has 2 aromatic heterocycles. The van der Waals surface area contributed by atoms with Crippen molar-refractivity contribution in [2.75, 3.05) is 31.6 Å². The number of amides is 1. The Bertz CT molecular complexity index is 867. The van der Waals surface area contributed by atoms with Crippen molar-refractivity contribution >= 4 is 11.9 Å². The van der Waals surface area contributed by atoms with Gasteiger partial charge in [-0.2, -0.15) is 0 Å². The number of pyridine rings is 1. The molecule has 2 aromatic rings. The lowest BCUT2D eigenvalue weighted by molar-refractivity contribution is 0.0263. The van der Waals surface area contributed by atoms with Gasteiger partial charge in [-0.15, -0.1) is 0 Å². The SMILES string of the molecule is Cc1ccc(C(=O)N(C)C[C@]2(O)CCN(c3ncccn3)C2)c(=O)n1C. The monoisotopic (exact) mass is 357 g/mol. The lowest BCUT2D eigenvalue weighted by Crippen LogP contribution is -2.47. The van der Waals surface area contributed by atoms with Crippen molar-refractivity contribution in [3.05, 3.63) is 52.2 Å². The average molecular weight is 357 g/mol. The summed E-state index contributed by atoms with van der Waals surface area (Å²) in [6.45, 7) is 2.88. The average Bonchev–Trinajstić information content (AvgIpc) is 3.02. The van der Waals surface area contributed by atoms with Gasteiger partial charge in [0.05, 0.1) is 13.1 Å². The van der Waals surface area contributed by atoms with Crippen LogP contribution in [0.5, 0.6) is 0 Å². The molecule has 1 amide bonds. The first-order valence-corrected chi connectivity index (χ1v) is 8.47. The van der Waals surface area contributed by atoms with Crippen LogP contribution in [-0.2, 0) is 7.05 Å². The highest BCUT2D eigenvalue weighted by atomic mass is 16.3. The van der Waals surface area contributed by atoms with E-state index in [1.807, 2.05) is 4.90 Å². The quantitative estimate of drug-likeness (QED) is 0.840. The van der Waals surface area contributed by atoms with E-state index in [0.717, 1.165) is 5.69 Å². The smallest absolute Gasteiger partial charge is 0.263 e. The van der Waals surface area contributed by atoms with Gasteiger partial charge in [0.2, 0.25) is 5.95 Å². The fraction of sp³-hybridized carbons (Fsp3) is 0.444. The van der Waals surface area contributed by atoms with E-state index in [9.17, 15) is 14.7 Å². The molecular weight excluding hydrogens is 334 g/mol. The van der Waals surface area contributed by atoms with Crippen LogP contribution in [0.1, 0.15) is 22.5 Å². The summed E-state index contributed by atoms with van der Waals surface area (Å²) >= 11 is 0. The van der Waals surface area contributed by atoms with E-state index in [1.165, 1.54) is 9.47 Å². The molecule has 3 rings (SSSR count). The van der Waals surface area contributed by atoms with Gasteiger partial charge in [-0.25, -0.2) is 9.97 Å². The van der Waals surface area contributed by atoms with E-state index in [0.29, 0.717) is 25.5 Å². The lowest BCUT2D eigenvalue weighted by Gasteiger charge is -2.29. The molecule has 8 heteroatoms. The topological polar surface area (TPSA) is 91.6 Å². The first kappa shape index (κ1) is 18.1. The van der Waals surface area contributed by atoms with Crippen LogP contribution >= 0.6 is 0 Å². The molecule has 0 bridgehead atoms. The molecule has 0 unspecified atom stereocenters. The second-order valence-electron chi connectivity index (χ2n) is 6.86. The lowest BCUT2D eigenvalue weighted by atomic mass is 10.0. The maximum absolute atomic E-state index is 12.7. The fourth-order valence-corrected chi connectivity index (χ4v) is 3.22. The zero-order valence-corrected chi connectivity index (χ0v) is 15.2. The van der Waals surface area contributed by atoms with Crippen molar-refractivity contribution in [2.45, 2.75) is 18.9 Å². The van der Waals surface area contributed by atoms with Crippen molar-refractivity contribution in [1.29, 1.82) is 0 Å². The van der Waals surface area contributed by atoms with E-state index < -0.39 is 11.5 Å². The molecule has 1 atom stereocenters. The minimum Gasteiger partial charge on any atom is -0.386 e. The van der Waals surface area contributed by atoms with Gasteiger partial charge in [0.1, 0.15) is 11.2 Å². The van der Waals surface area contributed by atoms with Gasteiger partial charge < -0.3 is 19.5 Å². The van der Waals surface area contributed by atoms with E-state index in [4.69, 9.17) is 0 Å². The molecule has 1 fully saturated rings. The number of aliphatic hydroxyl groups is 1. The number of anilines is 1. The van der Waals surface area contributed by atoms with E-state index >= 15 is 0 Å². The summed E-state index contributed by atoms with van der Waals surface area (Å²) < 4.78 is 1.44. The summed E-state index contributed by atoms with van der Waals surface area (Å²) in [6, 6.07) is 5.01. The number of β-amino-alcohol motifs (C(OH)–C–C–N with tert-alkyl or cyclic N) is 1. The molecule has 1 N–H and O–H groups in total. The zero-order valence-electron chi connectivity index (χ0n) is 15.2. The predicted molar refractivity (Wildman–Crippen MR) is 97.2 cm³/mol. The fourth-order valence-electron chi connectivity index (χ4n) is 3.22. The second-order valence-corrected chi connectivity index (χ2v) is 6.86. The number of likely N-dealkylation sites (N-methyl/N-ethyl adjacent to an activating group) is 1. The van der Waals surface area contributed by atoms with Gasteiger partial charge in [-0.05, 0) is 31.5 Å². The third-order valence-corrected chi connectivity index (χ3v) is 4.83. The van der Waals surface area contributed by atoms with Crippen molar-refractivity contribution in [2.24, 2.45) is 7.05 Å². The molecule has 0 radical (unpaired) electrons. The molecule has 0 aromatic carbocycles.